The van der Waals surface area contributed by atoms with Gasteiger partial charge in [-0.05, 0) is 49.1 Å². The first kappa shape index (κ1) is 19.2. The molecular formula is C23H23ClFN5. The molecule has 2 aliphatic rings. The molecule has 5 rings (SSSR count). The third kappa shape index (κ3) is 3.19. The molecule has 1 fully saturated rings. The Morgan fingerprint density at radius 1 is 1.23 bits per heavy atom. The largest absolute Gasteiger partial charge is 0.359 e. The molecule has 3 aromatic rings. The van der Waals surface area contributed by atoms with E-state index in [0.717, 1.165) is 35.4 Å². The fourth-order valence-electron chi connectivity index (χ4n) is 4.58. The number of aromatic amines is 1. The minimum atomic E-state index is -0.135. The molecule has 1 aliphatic carbocycles. The average Bonchev–Trinajstić information content (AvgIpc) is 3.35. The summed E-state index contributed by atoms with van der Waals surface area (Å²) >= 11 is 6.28. The van der Waals surface area contributed by atoms with Gasteiger partial charge in [0.2, 0.25) is 0 Å². The van der Waals surface area contributed by atoms with Crippen molar-refractivity contribution < 1.29 is 4.39 Å². The fourth-order valence-corrected chi connectivity index (χ4v) is 4.73. The van der Waals surface area contributed by atoms with Crippen molar-refractivity contribution in [2.75, 3.05) is 6.54 Å². The lowest BCUT2D eigenvalue weighted by Gasteiger charge is -2.31. The van der Waals surface area contributed by atoms with Crippen LogP contribution in [0.4, 0.5) is 4.39 Å². The summed E-state index contributed by atoms with van der Waals surface area (Å²) in [7, 11) is 0. The maximum atomic E-state index is 15.3. The summed E-state index contributed by atoms with van der Waals surface area (Å²) in [6, 6.07) is 5.60. The molecule has 3 atom stereocenters. The topological polar surface area (TPSA) is 57.7 Å². The number of likely N-dealkylation sites (tertiary alicyclic amines) is 1. The number of aromatic nitrogens is 4. The number of H-pyrrole nitrogens is 1. The second-order valence-corrected chi connectivity index (χ2v) is 8.57. The lowest BCUT2D eigenvalue weighted by atomic mass is 9.96. The molecule has 1 N–H and O–H groups in total. The molecule has 30 heavy (non-hydrogen) atoms. The lowest BCUT2D eigenvalue weighted by Crippen LogP contribution is -2.27. The van der Waals surface area contributed by atoms with E-state index in [4.69, 9.17) is 16.6 Å². The molecule has 0 bridgehead atoms. The van der Waals surface area contributed by atoms with Gasteiger partial charge >= 0.3 is 0 Å². The molecule has 0 radical (unpaired) electrons. The highest BCUT2D eigenvalue weighted by molar-refractivity contribution is 6.32. The number of nitrogens with one attached hydrogen (secondary N) is 1. The quantitative estimate of drug-likeness (QED) is 0.593. The van der Waals surface area contributed by atoms with Crippen LogP contribution >= 0.6 is 11.6 Å². The van der Waals surface area contributed by atoms with Crippen molar-refractivity contribution in [3.8, 4) is 0 Å². The van der Waals surface area contributed by atoms with Crippen molar-refractivity contribution >= 4 is 22.6 Å². The normalized spacial score (nSPS) is 24.3. The van der Waals surface area contributed by atoms with Gasteiger partial charge in [0.15, 0.2) is 0 Å². The Morgan fingerprint density at radius 2 is 2.03 bits per heavy atom. The smallest absolute Gasteiger partial charge is 0.135 e. The number of imidazole rings is 1. The zero-order valence-electron chi connectivity index (χ0n) is 16.9. The van der Waals surface area contributed by atoms with Gasteiger partial charge in [0.1, 0.15) is 17.5 Å². The van der Waals surface area contributed by atoms with Crippen LogP contribution < -0.4 is 0 Å². The number of aryl methyl sites for hydroxylation is 1. The number of benzene rings is 1. The summed E-state index contributed by atoms with van der Waals surface area (Å²) in [5, 5.41) is 0.704. The van der Waals surface area contributed by atoms with E-state index in [-0.39, 0.29) is 24.2 Å². The van der Waals surface area contributed by atoms with Crippen molar-refractivity contribution in [3.05, 3.63) is 76.5 Å². The maximum Gasteiger partial charge on any atom is 0.135 e. The summed E-state index contributed by atoms with van der Waals surface area (Å²) in [4.78, 5) is 19.0. The van der Waals surface area contributed by atoms with Crippen LogP contribution in [0.15, 0.2) is 54.3 Å². The molecule has 1 unspecified atom stereocenters. The van der Waals surface area contributed by atoms with Gasteiger partial charge in [-0.1, -0.05) is 24.6 Å². The lowest BCUT2D eigenvalue weighted by molar-refractivity contribution is 0.278. The van der Waals surface area contributed by atoms with E-state index in [1.54, 1.807) is 18.5 Å². The molecular weight excluding hydrogens is 401 g/mol. The second kappa shape index (κ2) is 7.51. The monoisotopic (exact) mass is 423 g/mol. The van der Waals surface area contributed by atoms with Crippen LogP contribution in [0.1, 0.15) is 48.9 Å². The molecule has 5 nitrogen and oxygen atoms in total. The molecule has 2 aromatic heterocycles. The molecule has 1 saturated heterocycles. The fraction of sp³-hybridized carbons (Fsp3) is 0.348. The van der Waals surface area contributed by atoms with Crippen LogP contribution in [-0.2, 0) is 0 Å². The summed E-state index contributed by atoms with van der Waals surface area (Å²) in [6.45, 7) is 4.97. The highest BCUT2D eigenvalue weighted by Crippen LogP contribution is 2.43. The first-order valence-corrected chi connectivity index (χ1v) is 10.7. The number of allylic oxidation sites excluding steroid dienone is 3. The Hall–Kier alpha value is -2.73. The maximum absolute atomic E-state index is 15.3. The Morgan fingerprint density at radius 3 is 2.80 bits per heavy atom. The van der Waals surface area contributed by atoms with E-state index >= 15 is 4.39 Å². The van der Waals surface area contributed by atoms with Crippen molar-refractivity contribution in [1.82, 2.24) is 24.8 Å². The second-order valence-electron chi connectivity index (χ2n) is 8.16. The molecule has 154 valence electrons. The van der Waals surface area contributed by atoms with Crippen LogP contribution in [0, 0.1) is 12.8 Å². The number of rotatable bonds is 3. The van der Waals surface area contributed by atoms with Gasteiger partial charge in [0, 0.05) is 36.3 Å². The van der Waals surface area contributed by atoms with Crippen LogP contribution in [-0.4, -0.2) is 31.4 Å². The van der Waals surface area contributed by atoms with E-state index in [1.807, 2.05) is 31.2 Å². The number of hydrogen-bond donors (Lipinski definition) is 1. The number of fused-ring (bicyclic) bond motifs is 1. The standard InChI is InChI=1S/C23H23ClFN5/c1-13-8-11-30(19-7-4-15(12-17(19)25)22-26-9-3-10-27-22)21(13)23-28-18-6-5-16(24)14(2)20(18)29-23/h3-7,9-10,13,15,21H,8,11-12H2,1-2H3,(H,28,29)/t13-,15?,21-/m0/s1. The van der Waals surface area contributed by atoms with Crippen molar-refractivity contribution in [2.24, 2.45) is 5.92 Å². The molecule has 1 aliphatic heterocycles. The van der Waals surface area contributed by atoms with Crippen molar-refractivity contribution in [1.29, 1.82) is 0 Å². The summed E-state index contributed by atoms with van der Waals surface area (Å²) < 4.78 is 15.3. The highest BCUT2D eigenvalue weighted by atomic mass is 35.5. The van der Waals surface area contributed by atoms with Gasteiger partial charge < -0.3 is 9.88 Å². The third-order valence-electron chi connectivity index (χ3n) is 6.23. The van der Waals surface area contributed by atoms with E-state index in [2.05, 4.69) is 26.8 Å². The predicted octanol–water partition coefficient (Wildman–Crippen LogP) is 5.62. The zero-order valence-corrected chi connectivity index (χ0v) is 17.7. The molecule has 0 amide bonds. The molecule has 0 saturated carbocycles. The van der Waals surface area contributed by atoms with E-state index in [9.17, 15) is 0 Å². The highest BCUT2D eigenvalue weighted by Gasteiger charge is 2.37. The van der Waals surface area contributed by atoms with E-state index in [1.165, 1.54) is 0 Å². The SMILES string of the molecule is Cc1c(Cl)ccc2[nH]c([C@@H]3[C@@H](C)CCN3C3=C(F)CC(c4ncccn4)C=C3)nc12. The van der Waals surface area contributed by atoms with Crippen LogP contribution in [0.2, 0.25) is 5.02 Å². The molecule has 0 spiro atoms. The Bertz CT molecular complexity index is 1150. The molecule has 7 heteroatoms. The zero-order chi connectivity index (χ0) is 20.8. The van der Waals surface area contributed by atoms with Crippen LogP contribution in [0.25, 0.3) is 11.0 Å². The summed E-state index contributed by atoms with van der Waals surface area (Å²) in [5.41, 5.74) is 3.45. The summed E-state index contributed by atoms with van der Waals surface area (Å²) in [5.74, 6) is 1.61. The number of hydrogen-bond acceptors (Lipinski definition) is 4. The average molecular weight is 424 g/mol. The minimum absolute atomic E-state index is 0.00880. The van der Waals surface area contributed by atoms with Gasteiger partial charge in [-0.2, -0.15) is 0 Å². The summed E-state index contributed by atoms with van der Waals surface area (Å²) in [6.07, 6.45) is 8.55. The number of halogens is 2. The van der Waals surface area contributed by atoms with Crippen LogP contribution in [0.3, 0.4) is 0 Å². The van der Waals surface area contributed by atoms with E-state index in [0.29, 0.717) is 22.5 Å². The van der Waals surface area contributed by atoms with E-state index < -0.39 is 0 Å². The minimum Gasteiger partial charge on any atom is -0.359 e. The van der Waals surface area contributed by atoms with Gasteiger partial charge in [-0.3, -0.25) is 0 Å². The van der Waals surface area contributed by atoms with Crippen molar-refractivity contribution in [2.45, 2.75) is 38.6 Å². The van der Waals surface area contributed by atoms with Crippen LogP contribution in [0.5, 0.6) is 0 Å². The predicted molar refractivity (Wildman–Crippen MR) is 116 cm³/mol. The number of nitrogens with zero attached hydrogens (tertiary/aromatic N) is 4. The molecule has 3 heterocycles. The Kier molecular flexibility index (Phi) is 4.82. The first-order valence-electron chi connectivity index (χ1n) is 10.3. The van der Waals surface area contributed by atoms with Crippen molar-refractivity contribution in [3.63, 3.8) is 0 Å². The first-order chi connectivity index (χ1) is 14.5. The Balaban J connectivity index is 1.47. The van der Waals surface area contributed by atoms with Gasteiger partial charge in [0.25, 0.3) is 0 Å². The third-order valence-corrected chi connectivity index (χ3v) is 6.64. The molecule has 1 aromatic carbocycles. The van der Waals surface area contributed by atoms with Gasteiger partial charge in [-0.15, -0.1) is 0 Å². The Labute approximate surface area is 179 Å². The van der Waals surface area contributed by atoms with Gasteiger partial charge in [-0.25, -0.2) is 19.3 Å². The van der Waals surface area contributed by atoms with Gasteiger partial charge in [0.05, 0.1) is 22.8 Å².